The number of rotatable bonds is 9. The lowest BCUT2D eigenvalue weighted by atomic mass is 10.1. The highest BCUT2D eigenvalue weighted by Crippen LogP contribution is 2.31. The molecular formula is C24H27BrClN3O2S. The van der Waals surface area contributed by atoms with Crippen LogP contribution in [0.25, 0.3) is 0 Å². The van der Waals surface area contributed by atoms with Crippen LogP contribution in [-0.2, 0) is 9.59 Å². The second-order valence-electron chi connectivity index (χ2n) is 7.64. The molecule has 0 radical (unpaired) electrons. The largest absolute Gasteiger partial charge is 0.325 e. The normalized spacial score (nSPS) is 17.6. The monoisotopic (exact) mass is 535 g/mol. The summed E-state index contributed by atoms with van der Waals surface area (Å²) in [6, 6.07) is 14.6. The number of carbonyl (C=O) groups excluding carboxylic acids is 2. The lowest BCUT2D eigenvalue weighted by Crippen LogP contribution is -2.45. The van der Waals surface area contributed by atoms with Gasteiger partial charge < -0.3 is 5.32 Å². The fourth-order valence-corrected chi connectivity index (χ4v) is 5.00. The number of aliphatic imine (C=N–C) groups is 1. The quantitative estimate of drug-likeness (QED) is 0.350. The first-order valence-corrected chi connectivity index (χ1v) is 12.9. The van der Waals surface area contributed by atoms with E-state index < -0.39 is 5.25 Å². The van der Waals surface area contributed by atoms with Crippen molar-refractivity contribution >= 4 is 67.6 Å². The topological polar surface area (TPSA) is 61.8 Å². The predicted molar refractivity (Wildman–Crippen MR) is 138 cm³/mol. The molecule has 0 aliphatic carbocycles. The van der Waals surface area contributed by atoms with Crippen molar-refractivity contribution in [3.05, 3.63) is 58.0 Å². The standard InChI is InChI=1S/C24H27BrClN3O2S/c1-2-3-4-5-6-14-29-22(30)16-21(23(31)27-20-9-7-8-17(25)15-20)32-24(29)28-19-12-10-18(26)11-13-19/h7-13,15,21H,2-6,14,16H2,1H3,(H,27,31). The Labute approximate surface area is 207 Å². The lowest BCUT2D eigenvalue weighted by Gasteiger charge is -2.32. The summed E-state index contributed by atoms with van der Waals surface area (Å²) in [5.41, 5.74) is 1.39. The molecule has 1 aliphatic heterocycles. The summed E-state index contributed by atoms with van der Waals surface area (Å²) in [5.74, 6) is -0.269. The summed E-state index contributed by atoms with van der Waals surface area (Å²) in [7, 11) is 0. The molecule has 1 fully saturated rings. The second kappa shape index (κ2) is 12.4. The van der Waals surface area contributed by atoms with Gasteiger partial charge in [0.25, 0.3) is 0 Å². The van der Waals surface area contributed by atoms with E-state index >= 15 is 0 Å². The zero-order valence-corrected chi connectivity index (χ0v) is 21.2. The smallest absolute Gasteiger partial charge is 0.238 e. The van der Waals surface area contributed by atoms with Crippen LogP contribution in [0.4, 0.5) is 11.4 Å². The maximum absolute atomic E-state index is 13.0. The van der Waals surface area contributed by atoms with Gasteiger partial charge in [-0.1, -0.05) is 78.0 Å². The van der Waals surface area contributed by atoms with E-state index in [1.165, 1.54) is 24.6 Å². The molecule has 0 bridgehead atoms. The molecule has 32 heavy (non-hydrogen) atoms. The van der Waals surface area contributed by atoms with Gasteiger partial charge in [0.1, 0.15) is 5.25 Å². The Morgan fingerprint density at radius 2 is 1.94 bits per heavy atom. The molecule has 5 nitrogen and oxygen atoms in total. The molecule has 2 aromatic rings. The van der Waals surface area contributed by atoms with Crippen LogP contribution in [0.2, 0.25) is 5.02 Å². The maximum Gasteiger partial charge on any atom is 0.238 e. The van der Waals surface area contributed by atoms with Crippen molar-refractivity contribution in [3.8, 4) is 0 Å². The molecular weight excluding hydrogens is 510 g/mol. The van der Waals surface area contributed by atoms with Gasteiger partial charge in [-0.3, -0.25) is 14.5 Å². The number of unbranched alkanes of at least 4 members (excludes halogenated alkanes) is 4. The fourth-order valence-electron chi connectivity index (χ4n) is 3.35. The number of hydrogen-bond acceptors (Lipinski definition) is 4. The zero-order chi connectivity index (χ0) is 22.9. The number of amides is 2. The van der Waals surface area contributed by atoms with E-state index in [0.717, 1.165) is 23.7 Å². The number of halogens is 2. The SMILES string of the molecule is CCCCCCCN1C(=O)CC(C(=O)Nc2cccc(Br)c2)SC1=Nc1ccc(Cl)cc1. The second-order valence-corrected chi connectivity index (χ2v) is 10.2. The van der Waals surface area contributed by atoms with Crippen LogP contribution in [0.1, 0.15) is 45.4 Å². The van der Waals surface area contributed by atoms with Crippen molar-refractivity contribution < 1.29 is 9.59 Å². The summed E-state index contributed by atoms with van der Waals surface area (Å²) in [6.07, 6.45) is 5.68. The van der Waals surface area contributed by atoms with Crippen molar-refractivity contribution in [2.24, 2.45) is 4.99 Å². The van der Waals surface area contributed by atoms with Gasteiger partial charge in [-0.15, -0.1) is 0 Å². The van der Waals surface area contributed by atoms with Crippen LogP contribution >= 0.6 is 39.3 Å². The molecule has 1 heterocycles. The van der Waals surface area contributed by atoms with Gasteiger partial charge in [-0.05, 0) is 48.9 Å². The predicted octanol–water partition coefficient (Wildman–Crippen LogP) is 7.03. The number of benzene rings is 2. The summed E-state index contributed by atoms with van der Waals surface area (Å²) in [4.78, 5) is 32.4. The van der Waals surface area contributed by atoms with Crippen LogP contribution < -0.4 is 5.32 Å². The molecule has 0 spiro atoms. The highest BCUT2D eigenvalue weighted by molar-refractivity contribution is 9.10. The van der Waals surface area contributed by atoms with Crippen LogP contribution in [0.3, 0.4) is 0 Å². The van der Waals surface area contributed by atoms with E-state index in [-0.39, 0.29) is 18.2 Å². The van der Waals surface area contributed by atoms with Crippen LogP contribution in [-0.4, -0.2) is 33.7 Å². The highest BCUT2D eigenvalue weighted by Gasteiger charge is 2.35. The zero-order valence-electron chi connectivity index (χ0n) is 18.0. The molecule has 1 atom stereocenters. The Morgan fingerprint density at radius 3 is 2.66 bits per heavy atom. The number of carbonyl (C=O) groups is 2. The molecule has 2 aromatic carbocycles. The average Bonchev–Trinajstić information content (AvgIpc) is 2.76. The van der Waals surface area contributed by atoms with E-state index in [9.17, 15) is 9.59 Å². The third kappa shape index (κ3) is 7.36. The van der Waals surface area contributed by atoms with Crippen LogP contribution in [0.15, 0.2) is 58.0 Å². The minimum Gasteiger partial charge on any atom is -0.325 e. The molecule has 1 N–H and O–H groups in total. The van der Waals surface area contributed by atoms with Gasteiger partial charge in [0.15, 0.2) is 5.17 Å². The first kappa shape index (κ1) is 24.8. The first-order chi connectivity index (χ1) is 15.5. The molecule has 170 valence electrons. The Hall–Kier alpha value is -1.83. The molecule has 8 heteroatoms. The first-order valence-electron chi connectivity index (χ1n) is 10.8. The molecule has 1 aliphatic rings. The molecule has 1 unspecified atom stereocenters. The van der Waals surface area contributed by atoms with Gasteiger partial charge >= 0.3 is 0 Å². The number of nitrogens with one attached hydrogen (secondary N) is 1. The Morgan fingerprint density at radius 1 is 1.19 bits per heavy atom. The number of thioether (sulfide) groups is 1. The van der Waals surface area contributed by atoms with E-state index in [1.807, 2.05) is 36.4 Å². The van der Waals surface area contributed by atoms with Gasteiger partial charge in [0.05, 0.1) is 5.69 Å². The molecule has 3 rings (SSSR count). The van der Waals surface area contributed by atoms with Crippen molar-refractivity contribution in [2.75, 3.05) is 11.9 Å². The highest BCUT2D eigenvalue weighted by atomic mass is 79.9. The summed E-state index contributed by atoms with van der Waals surface area (Å²) in [5, 5.41) is 3.56. The minimum absolute atomic E-state index is 0.0682. The molecule has 1 saturated heterocycles. The van der Waals surface area contributed by atoms with Gasteiger partial charge in [-0.2, -0.15) is 0 Å². The van der Waals surface area contributed by atoms with Crippen molar-refractivity contribution in [3.63, 3.8) is 0 Å². The van der Waals surface area contributed by atoms with E-state index in [4.69, 9.17) is 16.6 Å². The number of nitrogens with zero attached hydrogens (tertiary/aromatic N) is 2. The van der Waals surface area contributed by atoms with E-state index in [2.05, 4.69) is 28.2 Å². The number of amidine groups is 1. The third-order valence-electron chi connectivity index (χ3n) is 5.06. The third-order valence-corrected chi connectivity index (χ3v) is 6.99. The average molecular weight is 537 g/mol. The van der Waals surface area contributed by atoms with E-state index in [1.54, 1.807) is 17.0 Å². The van der Waals surface area contributed by atoms with Crippen molar-refractivity contribution in [1.29, 1.82) is 0 Å². The van der Waals surface area contributed by atoms with Crippen LogP contribution in [0, 0.1) is 0 Å². The Bertz CT molecular complexity index is 968. The van der Waals surface area contributed by atoms with Gasteiger partial charge in [0, 0.05) is 28.1 Å². The molecule has 2 amide bonds. The summed E-state index contributed by atoms with van der Waals surface area (Å²) >= 11 is 10.7. The summed E-state index contributed by atoms with van der Waals surface area (Å²) < 4.78 is 0.877. The number of anilines is 1. The lowest BCUT2D eigenvalue weighted by molar-refractivity contribution is -0.129. The Kier molecular flexibility index (Phi) is 9.63. The minimum atomic E-state index is -0.538. The Balaban J connectivity index is 1.75. The maximum atomic E-state index is 13.0. The van der Waals surface area contributed by atoms with Crippen molar-refractivity contribution in [2.45, 2.75) is 50.7 Å². The van der Waals surface area contributed by atoms with E-state index in [0.29, 0.717) is 28.1 Å². The van der Waals surface area contributed by atoms with Crippen LogP contribution in [0.5, 0.6) is 0 Å². The molecule has 0 saturated carbocycles. The summed E-state index contributed by atoms with van der Waals surface area (Å²) in [6.45, 7) is 2.79. The van der Waals surface area contributed by atoms with Gasteiger partial charge in [0.2, 0.25) is 11.8 Å². The fraction of sp³-hybridized carbons (Fsp3) is 0.375. The van der Waals surface area contributed by atoms with Gasteiger partial charge in [-0.25, -0.2) is 4.99 Å². The molecule has 0 aromatic heterocycles. The number of hydrogen-bond donors (Lipinski definition) is 1. The van der Waals surface area contributed by atoms with Crippen molar-refractivity contribution in [1.82, 2.24) is 4.90 Å².